The van der Waals surface area contributed by atoms with Crippen LogP contribution >= 0.6 is 11.6 Å². The van der Waals surface area contributed by atoms with Crippen LogP contribution in [0.15, 0.2) is 48.8 Å². The Balaban J connectivity index is 1.38. The lowest BCUT2D eigenvalue weighted by molar-refractivity contribution is 0.0855. The van der Waals surface area contributed by atoms with Crippen molar-refractivity contribution in [3.8, 4) is 22.6 Å². The highest BCUT2D eigenvalue weighted by molar-refractivity contribution is 6.32. The van der Waals surface area contributed by atoms with Gasteiger partial charge in [0.1, 0.15) is 16.7 Å². The molecule has 35 heavy (non-hydrogen) atoms. The van der Waals surface area contributed by atoms with Crippen LogP contribution in [0.3, 0.4) is 0 Å². The number of likely N-dealkylation sites (N-methyl/N-ethyl adjacent to an activating group) is 1. The van der Waals surface area contributed by atoms with E-state index in [-0.39, 0.29) is 11.7 Å². The molecule has 0 saturated carbocycles. The zero-order chi connectivity index (χ0) is 24.1. The van der Waals surface area contributed by atoms with Crippen LogP contribution in [0, 0.1) is 5.92 Å². The number of methoxy groups -OCH3 is 1. The van der Waals surface area contributed by atoms with Gasteiger partial charge in [0.05, 0.1) is 25.8 Å². The summed E-state index contributed by atoms with van der Waals surface area (Å²) in [5.41, 5.74) is 4.60. The summed E-state index contributed by atoms with van der Waals surface area (Å²) in [4.78, 5) is 16.2. The Labute approximate surface area is 208 Å². The molecule has 2 aliphatic rings. The van der Waals surface area contributed by atoms with Crippen molar-refractivity contribution in [1.82, 2.24) is 19.7 Å². The molecule has 0 spiro atoms. The van der Waals surface area contributed by atoms with E-state index in [1.807, 2.05) is 36.5 Å². The maximum absolute atomic E-state index is 13.8. The Hall–Kier alpha value is -3.29. The molecule has 4 aromatic rings. The summed E-state index contributed by atoms with van der Waals surface area (Å²) in [5.74, 6) is 1.46. The van der Waals surface area contributed by atoms with Gasteiger partial charge in [-0.05, 0) is 61.8 Å². The average molecular weight is 491 g/mol. The van der Waals surface area contributed by atoms with Crippen LogP contribution in [0.5, 0.6) is 11.5 Å². The monoisotopic (exact) mass is 490 g/mol. The number of likely N-dealkylation sites (tertiary alicyclic amines) is 1. The number of rotatable bonds is 6. The number of benzene rings is 2. The Kier molecular flexibility index (Phi) is 5.54. The summed E-state index contributed by atoms with van der Waals surface area (Å²) in [5, 5.41) is 8.31. The number of carbonyl (C=O) groups excluding carboxylic acids is 1. The second-order valence-corrected chi connectivity index (χ2v) is 9.88. The van der Waals surface area contributed by atoms with Crippen molar-refractivity contribution < 1.29 is 14.3 Å². The van der Waals surface area contributed by atoms with Gasteiger partial charge >= 0.3 is 0 Å². The summed E-state index contributed by atoms with van der Waals surface area (Å²) in [6, 6.07) is 12.4. The van der Waals surface area contributed by atoms with Gasteiger partial charge in [0.15, 0.2) is 5.78 Å². The minimum absolute atomic E-state index is 0.110. The molecule has 2 atom stereocenters. The first-order valence-electron chi connectivity index (χ1n) is 11.9. The second-order valence-electron chi connectivity index (χ2n) is 9.50. The van der Waals surface area contributed by atoms with Crippen LogP contribution < -0.4 is 9.47 Å². The van der Waals surface area contributed by atoms with E-state index in [1.54, 1.807) is 13.3 Å². The lowest BCUT2D eigenvalue weighted by Crippen LogP contribution is -2.46. The van der Waals surface area contributed by atoms with E-state index in [4.69, 9.17) is 21.1 Å². The van der Waals surface area contributed by atoms with Crippen LogP contribution in [0.2, 0.25) is 5.15 Å². The molecule has 180 valence electrons. The molecule has 1 fully saturated rings. The van der Waals surface area contributed by atoms with Crippen molar-refractivity contribution in [2.75, 3.05) is 27.3 Å². The number of carbonyl (C=O) groups is 1. The maximum Gasteiger partial charge on any atom is 0.171 e. The van der Waals surface area contributed by atoms with Crippen LogP contribution in [0.1, 0.15) is 22.3 Å². The van der Waals surface area contributed by atoms with E-state index in [0.717, 1.165) is 64.2 Å². The third-order valence-electron chi connectivity index (χ3n) is 7.44. The first-order chi connectivity index (χ1) is 17.0. The molecule has 1 saturated heterocycles. The molecule has 4 heterocycles. The Morgan fingerprint density at radius 1 is 1.29 bits per heavy atom. The number of Topliss-reactive ketones (excluding diaryl/α,β-unsaturated/α-hetero) is 1. The van der Waals surface area contributed by atoms with E-state index in [0.29, 0.717) is 24.2 Å². The third-order valence-corrected chi connectivity index (χ3v) is 7.73. The van der Waals surface area contributed by atoms with E-state index < -0.39 is 0 Å². The van der Waals surface area contributed by atoms with Crippen LogP contribution in [0.25, 0.3) is 22.0 Å². The fourth-order valence-electron chi connectivity index (χ4n) is 5.19. The van der Waals surface area contributed by atoms with Crippen LogP contribution in [-0.2, 0) is 13.0 Å². The summed E-state index contributed by atoms with van der Waals surface area (Å²) in [6.45, 7) is 2.32. The smallest absolute Gasteiger partial charge is 0.171 e. The predicted molar refractivity (Wildman–Crippen MR) is 136 cm³/mol. The van der Waals surface area contributed by atoms with E-state index in [1.165, 1.54) is 0 Å². The van der Waals surface area contributed by atoms with Gasteiger partial charge in [-0.3, -0.25) is 9.89 Å². The van der Waals surface area contributed by atoms with Crippen molar-refractivity contribution in [3.05, 3.63) is 65.1 Å². The standard InChI is InChI=1S/C27H27ClN4O3/c1-31-8-7-19(31)13-32-14-23(21-5-3-16(11-24(21)32)22-12-29-30-27(22)28)26(33)18-9-17-10-20(34-2)4-6-25(17)35-15-18/h3-6,10-12,14,18-19H,7-9,13,15H2,1-2H3,(H,29,30)/t18?,19-/m1/s1. The fourth-order valence-corrected chi connectivity index (χ4v) is 5.40. The predicted octanol–water partition coefficient (Wildman–Crippen LogP) is 4.83. The van der Waals surface area contributed by atoms with E-state index >= 15 is 0 Å². The van der Waals surface area contributed by atoms with Gasteiger partial charge in [0.25, 0.3) is 0 Å². The zero-order valence-electron chi connectivity index (χ0n) is 19.8. The highest BCUT2D eigenvalue weighted by Crippen LogP contribution is 2.35. The quantitative estimate of drug-likeness (QED) is 0.392. The van der Waals surface area contributed by atoms with Crippen LogP contribution in [0.4, 0.5) is 0 Å². The van der Waals surface area contributed by atoms with Gasteiger partial charge in [0.2, 0.25) is 0 Å². The Bertz CT molecular complexity index is 1430. The molecule has 1 N–H and O–H groups in total. The van der Waals surface area contributed by atoms with Gasteiger partial charge in [-0.25, -0.2) is 0 Å². The van der Waals surface area contributed by atoms with Crippen molar-refractivity contribution in [2.24, 2.45) is 5.92 Å². The molecule has 6 rings (SSSR count). The third kappa shape index (κ3) is 3.89. The Morgan fingerprint density at radius 3 is 2.89 bits per heavy atom. The molecule has 0 radical (unpaired) electrons. The second kappa shape index (κ2) is 8.73. The van der Waals surface area contributed by atoms with E-state index in [2.05, 4.69) is 32.8 Å². The summed E-state index contributed by atoms with van der Waals surface area (Å²) in [6.07, 6.45) is 5.54. The number of hydrogen-bond acceptors (Lipinski definition) is 5. The van der Waals surface area contributed by atoms with Crippen molar-refractivity contribution in [2.45, 2.75) is 25.4 Å². The largest absolute Gasteiger partial charge is 0.497 e. The van der Waals surface area contributed by atoms with Crippen LogP contribution in [-0.4, -0.2) is 58.8 Å². The number of nitrogens with zero attached hydrogens (tertiary/aromatic N) is 3. The number of hydrogen-bond donors (Lipinski definition) is 1. The Morgan fingerprint density at radius 2 is 2.17 bits per heavy atom. The number of ketones is 1. The minimum atomic E-state index is -0.247. The average Bonchev–Trinajstić information content (AvgIpc) is 3.48. The zero-order valence-corrected chi connectivity index (χ0v) is 20.5. The highest BCUT2D eigenvalue weighted by atomic mass is 35.5. The number of halogens is 1. The maximum atomic E-state index is 13.8. The first kappa shape index (κ1) is 22.2. The topological polar surface area (TPSA) is 72.4 Å². The molecule has 7 nitrogen and oxygen atoms in total. The SMILES string of the molecule is COc1ccc2c(c1)CC(C(=O)c1cn(C[C@H]3CCN3C)c3cc(-c4cn[nH]c4Cl)ccc13)CO2. The van der Waals surface area contributed by atoms with Gasteiger partial charge in [-0.1, -0.05) is 23.7 Å². The number of nitrogens with one attached hydrogen (secondary N) is 1. The molecule has 2 aromatic heterocycles. The number of fused-ring (bicyclic) bond motifs is 2. The lowest BCUT2D eigenvalue weighted by atomic mass is 9.89. The molecule has 0 amide bonds. The van der Waals surface area contributed by atoms with Crippen molar-refractivity contribution >= 4 is 28.3 Å². The summed E-state index contributed by atoms with van der Waals surface area (Å²) < 4.78 is 13.6. The molecule has 8 heteroatoms. The van der Waals surface area contributed by atoms with Crippen molar-refractivity contribution in [1.29, 1.82) is 0 Å². The molecule has 1 unspecified atom stereocenters. The number of aromatic amines is 1. The normalized spacial score (nSPS) is 19.7. The van der Waals surface area contributed by atoms with Gasteiger partial charge in [0, 0.05) is 40.8 Å². The highest BCUT2D eigenvalue weighted by Gasteiger charge is 2.31. The van der Waals surface area contributed by atoms with Gasteiger partial charge in [-0.15, -0.1) is 0 Å². The molecule has 0 bridgehead atoms. The molecule has 2 aliphatic heterocycles. The minimum Gasteiger partial charge on any atom is -0.497 e. The fraction of sp³-hybridized carbons (Fsp3) is 0.333. The van der Waals surface area contributed by atoms with Gasteiger partial charge < -0.3 is 18.9 Å². The number of H-pyrrole nitrogens is 1. The molecular formula is C27H27ClN4O3. The molecular weight excluding hydrogens is 464 g/mol. The van der Waals surface area contributed by atoms with Gasteiger partial charge in [-0.2, -0.15) is 5.10 Å². The van der Waals surface area contributed by atoms with Crippen molar-refractivity contribution in [3.63, 3.8) is 0 Å². The number of ether oxygens (including phenoxy) is 2. The van der Waals surface area contributed by atoms with E-state index in [9.17, 15) is 4.79 Å². The first-order valence-corrected chi connectivity index (χ1v) is 12.3. The molecule has 0 aliphatic carbocycles. The lowest BCUT2D eigenvalue weighted by Gasteiger charge is -2.38. The number of aromatic nitrogens is 3. The molecule has 2 aromatic carbocycles. The summed E-state index contributed by atoms with van der Waals surface area (Å²) in [7, 11) is 3.79. The summed E-state index contributed by atoms with van der Waals surface area (Å²) >= 11 is 6.31.